The second-order valence-electron chi connectivity index (χ2n) is 10.6. The fraction of sp³-hybridized carbons (Fsp3) is 0.536. The number of carbonyl (C=O) groups is 1. The third-order valence-electron chi connectivity index (χ3n) is 8.06. The minimum absolute atomic E-state index is 0.0826. The number of nitrogens with zero attached hydrogens (tertiary/aromatic N) is 2. The van der Waals surface area contributed by atoms with Gasteiger partial charge in [0, 0.05) is 32.2 Å². The van der Waals surface area contributed by atoms with Crippen molar-refractivity contribution in [3.63, 3.8) is 0 Å². The van der Waals surface area contributed by atoms with Gasteiger partial charge in [0.25, 0.3) is 0 Å². The third kappa shape index (κ3) is 6.34. The second kappa shape index (κ2) is 10.9. The summed E-state index contributed by atoms with van der Waals surface area (Å²) in [5.41, 5.74) is -3.03. The fourth-order valence-corrected chi connectivity index (χ4v) is 5.62. The van der Waals surface area contributed by atoms with E-state index in [0.29, 0.717) is 31.0 Å². The molecule has 0 radical (unpaired) electrons. The first kappa shape index (κ1) is 28.4. The van der Waals surface area contributed by atoms with Crippen LogP contribution in [-0.4, -0.2) is 55.0 Å². The Bertz CT molecular complexity index is 1070. The molecule has 0 aromatic heterocycles. The number of hydrogen-bond donors (Lipinski definition) is 1. The van der Waals surface area contributed by atoms with E-state index in [2.05, 4.69) is 22.2 Å². The van der Waals surface area contributed by atoms with Crippen LogP contribution in [0.15, 0.2) is 48.5 Å². The van der Waals surface area contributed by atoms with E-state index >= 15 is 0 Å². The minimum atomic E-state index is -4.97. The molecule has 2 aromatic carbocycles. The normalized spacial score (nSPS) is 24.7. The third-order valence-corrected chi connectivity index (χ3v) is 8.06. The van der Waals surface area contributed by atoms with E-state index in [1.54, 1.807) is 0 Å². The van der Waals surface area contributed by atoms with Gasteiger partial charge in [0.1, 0.15) is 0 Å². The summed E-state index contributed by atoms with van der Waals surface area (Å²) in [6, 6.07) is 11.1. The molecule has 0 spiro atoms. The van der Waals surface area contributed by atoms with E-state index in [1.165, 1.54) is 6.92 Å². The summed E-state index contributed by atoms with van der Waals surface area (Å²) in [7, 11) is 2.09. The summed E-state index contributed by atoms with van der Waals surface area (Å²) >= 11 is 0. The second-order valence-corrected chi connectivity index (χ2v) is 10.6. The molecule has 4 rings (SSSR count). The number of alkyl halides is 6. The highest BCUT2D eigenvalue weighted by molar-refractivity contribution is 5.84. The van der Waals surface area contributed by atoms with E-state index in [4.69, 9.17) is 0 Å². The van der Waals surface area contributed by atoms with E-state index in [1.807, 2.05) is 30.3 Å². The molecule has 1 aliphatic carbocycles. The van der Waals surface area contributed by atoms with Crippen LogP contribution in [0.1, 0.15) is 60.8 Å². The standard InChI is InChI=1S/C28H33F6N3O/c1-19(20-16-22(27(29,30)31)18-23(17-20)28(32,33)34)25(38)35-26(21-6-4-3-5-7-21)10-8-24(9-11-26)37-14-12-36(2)13-15-37/h3-7,16-19,24H,8-15H2,1-2H3,(H,35,38). The maximum Gasteiger partial charge on any atom is 0.416 e. The van der Waals surface area contributed by atoms with Crippen LogP contribution < -0.4 is 5.32 Å². The minimum Gasteiger partial charge on any atom is -0.346 e. The molecule has 1 unspecified atom stereocenters. The van der Waals surface area contributed by atoms with Crippen molar-refractivity contribution in [2.75, 3.05) is 33.2 Å². The first-order valence-electron chi connectivity index (χ1n) is 12.9. The Morgan fingerprint density at radius 1 is 0.895 bits per heavy atom. The average molecular weight is 542 g/mol. The summed E-state index contributed by atoms with van der Waals surface area (Å²) in [6.45, 7) is 5.27. The van der Waals surface area contributed by atoms with Gasteiger partial charge in [-0.05, 0) is 69.0 Å². The van der Waals surface area contributed by atoms with Gasteiger partial charge < -0.3 is 10.2 Å². The molecule has 208 valence electrons. The van der Waals surface area contributed by atoms with E-state index < -0.39 is 40.8 Å². The molecule has 1 N–H and O–H groups in total. The number of carbonyl (C=O) groups excluding carboxylic acids is 1. The predicted molar refractivity (Wildman–Crippen MR) is 132 cm³/mol. The van der Waals surface area contributed by atoms with Crippen molar-refractivity contribution in [1.29, 1.82) is 0 Å². The van der Waals surface area contributed by atoms with Gasteiger partial charge in [-0.2, -0.15) is 26.3 Å². The Morgan fingerprint density at radius 2 is 1.42 bits per heavy atom. The van der Waals surface area contributed by atoms with Crippen LogP contribution >= 0.6 is 0 Å². The lowest BCUT2D eigenvalue weighted by molar-refractivity contribution is -0.143. The predicted octanol–water partition coefficient (Wildman–Crippen LogP) is 6.03. The highest BCUT2D eigenvalue weighted by atomic mass is 19.4. The van der Waals surface area contributed by atoms with E-state index in [-0.39, 0.29) is 11.6 Å². The van der Waals surface area contributed by atoms with Gasteiger partial charge in [-0.1, -0.05) is 30.3 Å². The van der Waals surface area contributed by atoms with Crippen molar-refractivity contribution in [3.05, 3.63) is 70.8 Å². The zero-order valence-electron chi connectivity index (χ0n) is 21.5. The lowest BCUT2D eigenvalue weighted by Crippen LogP contribution is -2.54. The number of nitrogens with one attached hydrogen (secondary N) is 1. The maximum absolute atomic E-state index is 13.4. The smallest absolute Gasteiger partial charge is 0.346 e. The average Bonchev–Trinajstić information content (AvgIpc) is 2.88. The van der Waals surface area contributed by atoms with Gasteiger partial charge in [0.2, 0.25) is 5.91 Å². The monoisotopic (exact) mass is 541 g/mol. The van der Waals surface area contributed by atoms with Crippen LogP contribution in [0.3, 0.4) is 0 Å². The molecule has 1 saturated heterocycles. The quantitative estimate of drug-likeness (QED) is 0.470. The van der Waals surface area contributed by atoms with Gasteiger partial charge in [-0.3, -0.25) is 9.69 Å². The zero-order valence-corrected chi connectivity index (χ0v) is 21.5. The van der Waals surface area contributed by atoms with Crippen LogP contribution in [-0.2, 0) is 22.7 Å². The molecular formula is C28H33F6N3O. The van der Waals surface area contributed by atoms with Crippen molar-refractivity contribution in [1.82, 2.24) is 15.1 Å². The lowest BCUT2D eigenvalue weighted by atomic mass is 9.74. The Labute approximate surface area is 219 Å². The van der Waals surface area contributed by atoms with Gasteiger partial charge in [-0.15, -0.1) is 0 Å². The Kier molecular flexibility index (Phi) is 8.14. The van der Waals surface area contributed by atoms with Crippen LogP contribution in [0.2, 0.25) is 0 Å². The lowest BCUT2D eigenvalue weighted by Gasteiger charge is -2.46. The summed E-state index contributed by atoms with van der Waals surface area (Å²) in [5.74, 6) is -1.81. The van der Waals surface area contributed by atoms with Gasteiger partial charge in [-0.25, -0.2) is 0 Å². The molecule has 1 atom stereocenters. The largest absolute Gasteiger partial charge is 0.416 e. The molecule has 2 aliphatic rings. The molecule has 1 heterocycles. The van der Waals surface area contributed by atoms with E-state index in [0.717, 1.165) is 44.6 Å². The Balaban J connectivity index is 1.58. The summed E-state index contributed by atoms with van der Waals surface area (Å²) in [5, 5.41) is 3.07. The van der Waals surface area contributed by atoms with Gasteiger partial charge >= 0.3 is 12.4 Å². The van der Waals surface area contributed by atoms with Crippen molar-refractivity contribution in [2.24, 2.45) is 0 Å². The molecule has 1 aliphatic heterocycles. The first-order chi connectivity index (χ1) is 17.8. The fourth-order valence-electron chi connectivity index (χ4n) is 5.62. The van der Waals surface area contributed by atoms with Crippen molar-refractivity contribution in [2.45, 2.75) is 62.5 Å². The van der Waals surface area contributed by atoms with E-state index in [9.17, 15) is 31.1 Å². The maximum atomic E-state index is 13.4. The number of halogens is 6. The molecule has 38 heavy (non-hydrogen) atoms. The molecule has 4 nitrogen and oxygen atoms in total. The van der Waals surface area contributed by atoms with Crippen LogP contribution in [0.25, 0.3) is 0 Å². The number of piperazine rings is 1. The Hall–Kier alpha value is -2.59. The molecule has 1 amide bonds. The Morgan fingerprint density at radius 3 is 1.92 bits per heavy atom. The van der Waals surface area contributed by atoms with Crippen LogP contribution in [0.4, 0.5) is 26.3 Å². The number of hydrogen-bond acceptors (Lipinski definition) is 3. The molecule has 0 bridgehead atoms. The molecule has 1 saturated carbocycles. The summed E-state index contributed by atoms with van der Waals surface area (Å²) in [6.07, 6.45) is -7.03. The summed E-state index contributed by atoms with van der Waals surface area (Å²) < 4.78 is 80.4. The zero-order chi connectivity index (χ0) is 27.7. The topological polar surface area (TPSA) is 35.6 Å². The first-order valence-corrected chi connectivity index (χ1v) is 12.9. The molecule has 2 fully saturated rings. The van der Waals surface area contributed by atoms with Gasteiger partial charge in [0.15, 0.2) is 0 Å². The number of rotatable bonds is 5. The van der Waals surface area contributed by atoms with Crippen LogP contribution in [0, 0.1) is 0 Å². The number of likely N-dealkylation sites (N-methyl/N-ethyl adjacent to an activating group) is 1. The highest BCUT2D eigenvalue weighted by Gasteiger charge is 2.42. The van der Waals surface area contributed by atoms with Crippen molar-refractivity contribution >= 4 is 5.91 Å². The SMILES string of the molecule is CC(C(=O)NC1(c2ccccc2)CCC(N2CCN(C)CC2)CC1)c1cc(C(F)(F)F)cc(C(F)(F)F)c1. The molecule has 2 aromatic rings. The molecular weight excluding hydrogens is 508 g/mol. The highest BCUT2D eigenvalue weighted by Crippen LogP contribution is 2.41. The summed E-state index contributed by atoms with van der Waals surface area (Å²) in [4.78, 5) is 18.2. The number of benzene rings is 2. The molecule has 10 heteroatoms. The van der Waals surface area contributed by atoms with Crippen molar-refractivity contribution in [3.8, 4) is 0 Å². The van der Waals surface area contributed by atoms with Crippen molar-refractivity contribution < 1.29 is 31.1 Å². The van der Waals surface area contributed by atoms with Gasteiger partial charge in [0.05, 0.1) is 22.6 Å². The number of amides is 1. The van der Waals surface area contributed by atoms with Crippen LogP contribution in [0.5, 0.6) is 0 Å².